The van der Waals surface area contributed by atoms with Gasteiger partial charge in [-0.15, -0.1) is 0 Å². The van der Waals surface area contributed by atoms with Crippen molar-refractivity contribution in [2.45, 2.75) is 77.0 Å². The van der Waals surface area contributed by atoms with Gasteiger partial charge in [0.1, 0.15) is 6.10 Å². The van der Waals surface area contributed by atoms with E-state index in [1.165, 1.54) is 0 Å². The SMILES string of the molecule is C[C@@H](O)CCCCC[C@@H]1OC(C)(C)O[C@H]1/C=C\C(=O)O. The first-order valence-corrected chi connectivity index (χ1v) is 7.25. The molecule has 0 unspecified atom stereocenters. The molecule has 0 aromatic heterocycles. The Kier molecular flexibility index (Phi) is 6.65. The summed E-state index contributed by atoms with van der Waals surface area (Å²) in [6, 6.07) is 0. The lowest BCUT2D eigenvalue weighted by Gasteiger charge is -2.16. The summed E-state index contributed by atoms with van der Waals surface area (Å²) >= 11 is 0. The predicted octanol–water partition coefficient (Wildman–Crippen LogP) is 2.48. The number of unbranched alkanes of at least 4 members (excludes halogenated alkanes) is 2. The molecule has 1 heterocycles. The number of aliphatic hydroxyl groups is 1. The Morgan fingerprint density at radius 2 is 2.00 bits per heavy atom. The second-order valence-corrected chi connectivity index (χ2v) is 5.82. The van der Waals surface area contributed by atoms with Crippen molar-refractivity contribution in [3.8, 4) is 0 Å². The quantitative estimate of drug-likeness (QED) is 0.529. The highest BCUT2D eigenvalue weighted by molar-refractivity contribution is 5.79. The first-order chi connectivity index (χ1) is 9.30. The molecule has 0 aliphatic carbocycles. The molecule has 0 spiro atoms. The van der Waals surface area contributed by atoms with Crippen molar-refractivity contribution < 1.29 is 24.5 Å². The van der Waals surface area contributed by atoms with Crippen molar-refractivity contribution in [1.82, 2.24) is 0 Å². The molecule has 1 fully saturated rings. The van der Waals surface area contributed by atoms with Crippen molar-refractivity contribution >= 4 is 5.97 Å². The third kappa shape index (κ3) is 6.50. The lowest BCUT2D eigenvalue weighted by Crippen LogP contribution is -2.21. The lowest BCUT2D eigenvalue weighted by molar-refractivity contribution is -0.143. The van der Waals surface area contributed by atoms with Crippen LogP contribution in [0, 0.1) is 0 Å². The number of hydrogen-bond donors (Lipinski definition) is 2. The number of aliphatic hydroxyl groups excluding tert-OH is 1. The average Bonchev–Trinajstić information content (AvgIpc) is 2.60. The van der Waals surface area contributed by atoms with Gasteiger partial charge in [0.15, 0.2) is 5.79 Å². The Labute approximate surface area is 120 Å². The van der Waals surface area contributed by atoms with Crippen molar-refractivity contribution in [2.75, 3.05) is 0 Å². The van der Waals surface area contributed by atoms with E-state index in [-0.39, 0.29) is 18.3 Å². The van der Waals surface area contributed by atoms with Crippen LogP contribution >= 0.6 is 0 Å². The smallest absolute Gasteiger partial charge is 0.328 e. The third-order valence-corrected chi connectivity index (χ3v) is 3.26. The van der Waals surface area contributed by atoms with E-state index >= 15 is 0 Å². The highest BCUT2D eigenvalue weighted by Crippen LogP contribution is 2.31. The molecule has 3 atom stereocenters. The summed E-state index contributed by atoms with van der Waals surface area (Å²) in [6.45, 7) is 5.47. The van der Waals surface area contributed by atoms with Crippen LogP contribution in [0.2, 0.25) is 0 Å². The molecule has 0 saturated carbocycles. The van der Waals surface area contributed by atoms with Gasteiger partial charge in [-0.1, -0.05) is 19.3 Å². The Morgan fingerprint density at radius 1 is 1.30 bits per heavy atom. The van der Waals surface area contributed by atoms with Crippen LogP contribution in [-0.2, 0) is 14.3 Å². The van der Waals surface area contributed by atoms with E-state index in [1.807, 2.05) is 13.8 Å². The van der Waals surface area contributed by atoms with E-state index in [1.54, 1.807) is 13.0 Å². The Hall–Kier alpha value is -0.910. The van der Waals surface area contributed by atoms with Gasteiger partial charge in [0.25, 0.3) is 0 Å². The van der Waals surface area contributed by atoms with Crippen molar-refractivity contribution in [3.63, 3.8) is 0 Å². The van der Waals surface area contributed by atoms with Gasteiger partial charge in [-0.3, -0.25) is 0 Å². The molecule has 1 aliphatic rings. The van der Waals surface area contributed by atoms with Crippen LogP contribution in [0.5, 0.6) is 0 Å². The molecule has 0 bridgehead atoms. The molecule has 1 saturated heterocycles. The fourth-order valence-corrected chi connectivity index (χ4v) is 2.39. The van der Waals surface area contributed by atoms with Crippen molar-refractivity contribution in [3.05, 3.63) is 12.2 Å². The third-order valence-electron chi connectivity index (χ3n) is 3.26. The van der Waals surface area contributed by atoms with E-state index in [2.05, 4.69) is 0 Å². The van der Waals surface area contributed by atoms with Gasteiger partial charge >= 0.3 is 5.97 Å². The van der Waals surface area contributed by atoms with Gasteiger partial charge in [0.05, 0.1) is 12.2 Å². The molecule has 0 aromatic rings. The largest absolute Gasteiger partial charge is 0.478 e. The maximum absolute atomic E-state index is 10.6. The molecule has 20 heavy (non-hydrogen) atoms. The Morgan fingerprint density at radius 3 is 2.60 bits per heavy atom. The zero-order valence-electron chi connectivity index (χ0n) is 12.5. The van der Waals surface area contributed by atoms with Gasteiger partial charge in [0, 0.05) is 6.08 Å². The van der Waals surface area contributed by atoms with Crippen LogP contribution in [0.1, 0.15) is 52.9 Å². The first kappa shape index (κ1) is 17.1. The molecule has 5 nitrogen and oxygen atoms in total. The molecule has 0 radical (unpaired) electrons. The molecular formula is C15H26O5. The maximum Gasteiger partial charge on any atom is 0.328 e. The number of aliphatic carboxylic acids is 1. The number of ether oxygens (including phenoxy) is 2. The van der Waals surface area contributed by atoms with E-state index < -0.39 is 11.8 Å². The van der Waals surface area contributed by atoms with Crippen LogP contribution in [0.3, 0.4) is 0 Å². The van der Waals surface area contributed by atoms with Crippen LogP contribution in [0.25, 0.3) is 0 Å². The summed E-state index contributed by atoms with van der Waals surface area (Å²) in [6.07, 6.45) is 6.65. The number of hydrogen-bond acceptors (Lipinski definition) is 4. The fourth-order valence-electron chi connectivity index (χ4n) is 2.39. The maximum atomic E-state index is 10.6. The average molecular weight is 286 g/mol. The monoisotopic (exact) mass is 286 g/mol. The van der Waals surface area contributed by atoms with E-state index in [0.717, 1.165) is 38.2 Å². The molecule has 116 valence electrons. The number of carbonyl (C=O) groups is 1. The molecule has 1 rings (SSSR count). The van der Waals surface area contributed by atoms with E-state index in [0.29, 0.717) is 0 Å². The zero-order valence-corrected chi connectivity index (χ0v) is 12.5. The minimum atomic E-state index is -0.978. The molecular weight excluding hydrogens is 260 g/mol. The van der Waals surface area contributed by atoms with Gasteiger partial charge in [-0.2, -0.15) is 0 Å². The van der Waals surface area contributed by atoms with Gasteiger partial charge in [-0.25, -0.2) is 4.79 Å². The minimum absolute atomic E-state index is 0.104. The first-order valence-electron chi connectivity index (χ1n) is 7.25. The van der Waals surface area contributed by atoms with Crippen LogP contribution in [-0.4, -0.2) is 40.3 Å². The highest BCUT2D eigenvalue weighted by Gasteiger charge is 2.39. The highest BCUT2D eigenvalue weighted by atomic mass is 16.7. The van der Waals surface area contributed by atoms with E-state index in [9.17, 15) is 9.90 Å². The Balaban J connectivity index is 2.38. The zero-order chi connectivity index (χ0) is 15.2. The number of carboxylic acid groups (broad SMARTS) is 1. The minimum Gasteiger partial charge on any atom is -0.478 e. The van der Waals surface area contributed by atoms with Crippen LogP contribution < -0.4 is 0 Å². The van der Waals surface area contributed by atoms with Crippen molar-refractivity contribution in [2.24, 2.45) is 0 Å². The summed E-state index contributed by atoms with van der Waals surface area (Å²) in [5.74, 6) is -1.65. The molecule has 2 N–H and O–H groups in total. The van der Waals surface area contributed by atoms with Crippen LogP contribution in [0.15, 0.2) is 12.2 Å². The second kappa shape index (κ2) is 7.76. The summed E-state index contributed by atoms with van der Waals surface area (Å²) in [7, 11) is 0. The Bertz CT molecular complexity index is 335. The fraction of sp³-hybridized carbons (Fsp3) is 0.800. The lowest BCUT2D eigenvalue weighted by atomic mass is 10.0. The molecule has 0 aromatic carbocycles. The normalized spacial score (nSPS) is 27.0. The molecule has 0 amide bonds. The van der Waals surface area contributed by atoms with Gasteiger partial charge < -0.3 is 19.7 Å². The van der Waals surface area contributed by atoms with Gasteiger partial charge in [-0.05, 0) is 39.7 Å². The summed E-state index contributed by atoms with van der Waals surface area (Å²) < 4.78 is 11.5. The topological polar surface area (TPSA) is 76.0 Å². The number of carboxylic acids is 1. The summed E-state index contributed by atoms with van der Waals surface area (Å²) in [5.41, 5.74) is 0. The summed E-state index contributed by atoms with van der Waals surface area (Å²) in [4.78, 5) is 10.6. The van der Waals surface area contributed by atoms with Gasteiger partial charge in [0.2, 0.25) is 0 Å². The predicted molar refractivity (Wildman–Crippen MR) is 75.4 cm³/mol. The molecule has 5 heteroatoms. The standard InChI is InChI=1S/C15H26O5/c1-11(16)7-5-4-6-8-12-13(9-10-14(17)18)20-15(2,3)19-12/h9-13,16H,4-8H2,1-3H3,(H,17,18)/b10-9-/t11-,12+,13+/m1/s1. The molecule has 1 aliphatic heterocycles. The van der Waals surface area contributed by atoms with E-state index in [4.69, 9.17) is 14.6 Å². The number of rotatable bonds is 8. The second-order valence-electron chi connectivity index (χ2n) is 5.82. The van der Waals surface area contributed by atoms with Crippen LogP contribution in [0.4, 0.5) is 0 Å². The summed E-state index contributed by atoms with van der Waals surface area (Å²) in [5, 5.41) is 17.9. The van der Waals surface area contributed by atoms with Crippen molar-refractivity contribution in [1.29, 1.82) is 0 Å².